The fourth-order valence-corrected chi connectivity index (χ4v) is 4.62. The number of aromatic nitrogens is 2. The Morgan fingerprint density at radius 3 is 2.76 bits per heavy atom. The van der Waals surface area contributed by atoms with Gasteiger partial charge in [-0.15, -0.1) is 11.3 Å². The molecule has 0 radical (unpaired) electrons. The van der Waals surface area contributed by atoms with Crippen LogP contribution >= 0.6 is 11.3 Å². The zero-order valence-electron chi connectivity index (χ0n) is 15.3. The molecule has 0 atom stereocenters. The Labute approximate surface area is 154 Å². The van der Waals surface area contributed by atoms with E-state index in [1.807, 2.05) is 35.3 Å². The highest BCUT2D eigenvalue weighted by Crippen LogP contribution is 2.41. The SMILES string of the molecule is CCNC(=NCc1ccnn1C)NCC1(c2cccs2)CCCCC1. The number of guanidine groups is 1. The van der Waals surface area contributed by atoms with Crippen LogP contribution in [-0.2, 0) is 19.0 Å². The molecule has 1 saturated carbocycles. The minimum absolute atomic E-state index is 0.259. The second-order valence-corrected chi connectivity index (χ2v) is 7.76. The van der Waals surface area contributed by atoms with E-state index in [9.17, 15) is 0 Å². The topological polar surface area (TPSA) is 54.2 Å². The van der Waals surface area contributed by atoms with Crippen molar-refractivity contribution in [2.24, 2.45) is 12.0 Å². The average molecular weight is 360 g/mol. The van der Waals surface area contributed by atoms with Crippen LogP contribution in [0.25, 0.3) is 0 Å². The summed E-state index contributed by atoms with van der Waals surface area (Å²) < 4.78 is 1.88. The fraction of sp³-hybridized carbons (Fsp3) is 0.579. The van der Waals surface area contributed by atoms with E-state index in [0.29, 0.717) is 6.54 Å². The van der Waals surface area contributed by atoms with E-state index in [0.717, 1.165) is 24.7 Å². The lowest BCUT2D eigenvalue weighted by Gasteiger charge is -2.37. The van der Waals surface area contributed by atoms with Crippen molar-refractivity contribution in [1.29, 1.82) is 0 Å². The molecular formula is C19H29N5S. The summed E-state index contributed by atoms with van der Waals surface area (Å²) in [7, 11) is 1.96. The Kier molecular flexibility index (Phi) is 6.13. The van der Waals surface area contributed by atoms with Crippen LogP contribution in [0, 0.1) is 0 Å². The van der Waals surface area contributed by atoms with E-state index < -0.39 is 0 Å². The lowest BCUT2D eigenvalue weighted by molar-refractivity contribution is 0.296. The van der Waals surface area contributed by atoms with Gasteiger partial charge in [-0.25, -0.2) is 4.99 Å². The van der Waals surface area contributed by atoms with E-state index in [-0.39, 0.29) is 5.41 Å². The van der Waals surface area contributed by atoms with Crippen LogP contribution in [0.4, 0.5) is 0 Å². The number of aliphatic imine (C=N–C) groups is 1. The van der Waals surface area contributed by atoms with Crippen molar-refractivity contribution in [1.82, 2.24) is 20.4 Å². The Hall–Kier alpha value is -1.82. The highest BCUT2D eigenvalue weighted by Gasteiger charge is 2.34. The third-order valence-electron chi connectivity index (χ3n) is 5.11. The number of hydrogen-bond acceptors (Lipinski definition) is 3. The maximum atomic E-state index is 4.75. The average Bonchev–Trinajstić information content (AvgIpc) is 3.30. The first-order chi connectivity index (χ1) is 12.2. The van der Waals surface area contributed by atoms with Crippen molar-refractivity contribution in [3.8, 4) is 0 Å². The molecule has 0 amide bonds. The summed E-state index contributed by atoms with van der Waals surface area (Å²) in [6, 6.07) is 6.50. The molecule has 0 unspecified atom stereocenters. The quantitative estimate of drug-likeness (QED) is 0.614. The molecule has 2 aromatic rings. The Morgan fingerprint density at radius 2 is 2.12 bits per heavy atom. The molecule has 0 aliphatic heterocycles. The lowest BCUT2D eigenvalue weighted by atomic mass is 9.73. The highest BCUT2D eigenvalue weighted by molar-refractivity contribution is 7.10. The summed E-state index contributed by atoms with van der Waals surface area (Å²) >= 11 is 1.89. The molecular weight excluding hydrogens is 330 g/mol. The monoisotopic (exact) mass is 359 g/mol. The molecule has 2 N–H and O–H groups in total. The minimum Gasteiger partial charge on any atom is -0.357 e. The first-order valence-electron chi connectivity index (χ1n) is 9.26. The largest absolute Gasteiger partial charge is 0.357 e. The van der Waals surface area contributed by atoms with Gasteiger partial charge in [-0.2, -0.15) is 5.10 Å². The molecule has 0 aromatic carbocycles. The minimum atomic E-state index is 0.259. The lowest BCUT2D eigenvalue weighted by Crippen LogP contribution is -2.46. The second-order valence-electron chi connectivity index (χ2n) is 6.81. The zero-order valence-corrected chi connectivity index (χ0v) is 16.1. The maximum Gasteiger partial charge on any atom is 0.191 e. The first-order valence-corrected chi connectivity index (χ1v) is 10.1. The third kappa shape index (κ3) is 4.42. The van der Waals surface area contributed by atoms with Crippen LogP contribution in [0.2, 0.25) is 0 Å². The summed E-state index contributed by atoms with van der Waals surface area (Å²) in [6.45, 7) is 4.56. The van der Waals surface area contributed by atoms with Crippen molar-refractivity contribution >= 4 is 17.3 Å². The number of rotatable bonds is 6. The van der Waals surface area contributed by atoms with Gasteiger partial charge in [0.25, 0.3) is 0 Å². The number of aryl methyl sites for hydroxylation is 1. The van der Waals surface area contributed by atoms with E-state index in [2.05, 4.69) is 40.2 Å². The predicted octanol–water partition coefficient (Wildman–Crippen LogP) is 3.44. The van der Waals surface area contributed by atoms with Gasteiger partial charge in [0, 0.05) is 36.6 Å². The highest BCUT2D eigenvalue weighted by atomic mass is 32.1. The van der Waals surface area contributed by atoms with Gasteiger partial charge in [-0.3, -0.25) is 4.68 Å². The van der Waals surface area contributed by atoms with Gasteiger partial charge in [-0.05, 0) is 37.3 Å². The molecule has 0 spiro atoms. The zero-order chi connectivity index (χ0) is 17.5. The molecule has 3 rings (SSSR count). The van der Waals surface area contributed by atoms with Crippen molar-refractivity contribution in [3.63, 3.8) is 0 Å². The summed E-state index contributed by atoms with van der Waals surface area (Å²) in [5.41, 5.74) is 1.37. The number of nitrogens with zero attached hydrogens (tertiary/aromatic N) is 3. The van der Waals surface area contributed by atoms with Crippen LogP contribution in [0.15, 0.2) is 34.8 Å². The van der Waals surface area contributed by atoms with Crippen LogP contribution in [0.3, 0.4) is 0 Å². The van der Waals surface area contributed by atoms with Gasteiger partial charge in [-0.1, -0.05) is 25.3 Å². The fourth-order valence-electron chi connectivity index (χ4n) is 3.63. The molecule has 1 fully saturated rings. The maximum absolute atomic E-state index is 4.75. The van der Waals surface area contributed by atoms with Crippen molar-refractivity contribution in [3.05, 3.63) is 40.3 Å². The molecule has 1 aliphatic carbocycles. The molecule has 1 aliphatic rings. The number of hydrogen-bond donors (Lipinski definition) is 2. The first kappa shape index (κ1) is 18.0. The molecule has 0 bridgehead atoms. The van der Waals surface area contributed by atoms with Gasteiger partial charge in [0.1, 0.15) is 0 Å². The predicted molar refractivity (Wildman–Crippen MR) is 105 cm³/mol. The molecule has 5 nitrogen and oxygen atoms in total. The Bertz CT molecular complexity index is 668. The van der Waals surface area contributed by atoms with Crippen LogP contribution < -0.4 is 10.6 Å². The van der Waals surface area contributed by atoms with E-state index in [4.69, 9.17) is 4.99 Å². The number of thiophene rings is 1. The molecule has 136 valence electrons. The molecule has 6 heteroatoms. The van der Waals surface area contributed by atoms with Gasteiger partial charge in [0.15, 0.2) is 5.96 Å². The summed E-state index contributed by atoms with van der Waals surface area (Å²) in [5, 5.41) is 13.4. The summed E-state index contributed by atoms with van der Waals surface area (Å²) in [5.74, 6) is 0.894. The smallest absolute Gasteiger partial charge is 0.191 e. The van der Waals surface area contributed by atoms with Crippen molar-refractivity contribution in [2.45, 2.75) is 51.0 Å². The molecule has 25 heavy (non-hydrogen) atoms. The van der Waals surface area contributed by atoms with E-state index in [1.54, 1.807) is 0 Å². The van der Waals surface area contributed by atoms with Gasteiger partial charge < -0.3 is 10.6 Å². The van der Waals surface area contributed by atoms with Gasteiger partial charge in [0.2, 0.25) is 0 Å². The Morgan fingerprint density at radius 1 is 1.28 bits per heavy atom. The van der Waals surface area contributed by atoms with Crippen LogP contribution in [0.5, 0.6) is 0 Å². The standard InChI is InChI=1S/C19H29N5S/c1-3-20-18(21-14-16-9-12-23-24(16)2)22-15-19(10-5-4-6-11-19)17-8-7-13-25-17/h7-9,12-13H,3-6,10-11,14-15H2,1-2H3,(H2,20,21,22). The van der Waals surface area contributed by atoms with Crippen molar-refractivity contribution in [2.75, 3.05) is 13.1 Å². The third-order valence-corrected chi connectivity index (χ3v) is 6.23. The molecule has 2 heterocycles. The normalized spacial score (nSPS) is 17.4. The van der Waals surface area contributed by atoms with E-state index in [1.165, 1.54) is 37.0 Å². The van der Waals surface area contributed by atoms with E-state index >= 15 is 0 Å². The summed E-state index contributed by atoms with van der Waals surface area (Å²) in [4.78, 5) is 6.27. The Balaban J connectivity index is 1.69. The number of nitrogens with one attached hydrogen (secondary N) is 2. The second kappa shape index (κ2) is 8.52. The van der Waals surface area contributed by atoms with Gasteiger partial charge >= 0.3 is 0 Å². The molecule has 0 saturated heterocycles. The van der Waals surface area contributed by atoms with Gasteiger partial charge in [0.05, 0.1) is 12.2 Å². The van der Waals surface area contributed by atoms with Crippen LogP contribution in [-0.4, -0.2) is 28.8 Å². The summed E-state index contributed by atoms with van der Waals surface area (Å²) in [6.07, 6.45) is 8.36. The van der Waals surface area contributed by atoms with Crippen LogP contribution in [0.1, 0.15) is 49.6 Å². The molecule has 2 aromatic heterocycles. The van der Waals surface area contributed by atoms with Crippen molar-refractivity contribution < 1.29 is 0 Å².